The van der Waals surface area contributed by atoms with Crippen molar-refractivity contribution in [2.24, 2.45) is 5.92 Å². The molecule has 200 valence electrons. The van der Waals surface area contributed by atoms with Crippen LogP contribution in [0.15, 0.2) is 84.9 Å². The SMILES string of the molecule is CCC(CCC(C#N)(c1ccc(F)cc1)C1CCCCC1)N(CCc1ccccc1)CCc1ccccc1. The molecule has 2 atom stereocenters. The first-order valence-electron chi connectivity index (χ1n) is 14.6. The van der Waals surface area contributed by atoms with Gasteiger partial charge in [0.1, 0.15) is 5.82 Å². The first-order valence-corrected chi connectivity index (χ1v) is 14.6. The maximum atomic E-state index is 13.9. The van der Waals surface area contributed by atoms with E-state index in [4.69, 9.17) is 0 Å². The predicted molar refractivity (Wildman–Crippen MR) is 155 cm³/mol. The number of halogens is 1. The van der Waals surface area contributed by atoms with Crippen LogP contribution in [0.25, 0.3) is 0 Å². The molecule has 0 aromatic heterocycles. The van der Waals surface area contributed by atoms with Crippen molar-refractivity contribution in [2.75, 3.05) is 13.1 Å². The van der Waals surface area contributed by atoms with Crippen molar-refractivity contribution < 1.29 is 4.39 Å². The summed E-state index contributed by atoms with van der Waals surface area (Å²) in [5.41, 5.74) is 3.19. The fraction of sp³-hybridized carbons (Fsp3) is 0.457. The standard InChI is InChI=1S/C35H43FN2/c1-2-34(38(26-23-29-12-6-3-7-13-29)27-24-30-14-8-4-9-15-30)22-25-35(28-37,31-16-10-5-11-17-31)32-18-20-33(36)21-19-32/h3-4,6-9,12-15,18-21,31,34H,2,5,10-11,16-17,22-27H2,1H3. The van der Waals surface area contributed by atoms with Gasteiger partial charge in [0.05, 0.1) is 11.5 Å². The molecule has 0 aliphatic heterocycles. The van der Waals surface area contributed by atoms with Gasteiger partial charge in [-0.3, -0.25) is 4.90 Å². The molecule has 1 aliphatic rings. The lowest BCUT2D eigenvalue weighted by atomic mass is 9.63. The van der Waals surface area contributed by atoms with Crippen LogP contribution in [-0.4, -0.2) is 24.0 Å². The van der Waals surface area contributed by atoms with Crippen LogP contribution in [0.4, 0.5) is 4.39 Å². The zero-order valence-electron chi connectivity index (χ0n) is 23.0. The zero-order chi connectivity index (χ0) is 26.6. The molecule has 1 aliphatic carbocycles. The van der Waals surface area contributed by atoms with Crippen LogP contribution in [0.5, 0.6) is 0 Å². The Morgan fingerprint density at radius 3 is 1.89 bits per heavy atom. The fourth-order valence-corrected chi connectivity index (χ4v) is 6.49. The van der Waals surface area contributed by atoms with Gasteiger partial charge in [0.2, 0.25) is 0 Å². The lowest BCUT2D eigenvalue weighted by Gasteiger charge is -2.40. The third kappa shape index (κ3) is 7.33. The summed E-state index contributed by atoms with van der Waals surface area (Å²) in [6.07, 6.45) is 10.7. The van der Waals surface area contributed by atoms with Gasteiger partial charge in [-0.2, -0.15) is 5.26 Å². The van der Waals surface area contributed by atoms with Crippen molar-refractivity contribution in [1.82, 2.24) is 4.90 Å². The van der Waals surface area contributed by atoms with E-state index in [0.29, 0.717) is 12.0 Å². The van der Waals surface area contributed by atoms with Gasteiger partial charge in [0.25, 0.3) is 0 Å². The van der Waals surface area contributed by atoms with E-state index in [1.165, 1.54) is 42.5 Å². The average Bonchev–Trinajstić information content (AvgIpc) is 2.98. The first-order chi connectivity index (χ1) is 18.6. The second kappa shape index (κ2) is 14.3. The number of hydrogen-bond donors (Lipinski definition) is 0. The molecule has 0 radical (unpaired) electrons. The molecule has 0 spiro atoms. The smallest absolute Gasteiger partial charge is 0.123 e. The molecular weight excluding hydrogens is 467 g/mol. The van der Waals surface area contributed by atoms with E-state index < -0.39 is 5.41 Å². The second-order valence-electron chi connectivity index (χ2n) is 11.0. The number of rotatable bonds is 13. The number of hydrogen-bond acceptors (Lipinski definition) is 2. The zero-order valence-corrected chi connectivity index (χ0v) is 23.0. The van der Waals surface area contributed by atoms with Crippen LogP contribution >= 0.6 is 0 Å². The molecule has 0 heterocycles. The summed E-state index contributed by atoms with van der Waals surface area (Å²) in [4.78, 5) is 2.66. The summed E-state index contributed by atoms with van der Waals surface area (Å²) in [6.45, 7) is 4.30. The molecule has 3 aromatic rings. The quantitative estimate of drug-likeness (QED) is 0.230. The number of benzene rings is 3. The Labute approximate surface area is 229 Å². The highest BCUT2D eigenvalue weighted by Gasteiger charge is 2.41. The van der Waals surface area contributed by atoms with Gasteiger partial charge < -0.3 is 0 Å². The lowest BCUT2D eigenvalue weighted by Crippen LogP contribution is -2.41. The molecule has 2 unspecified atom stereocenters. The lowest BCUT2D eigenvalue weighted by molar-refractivity contribution is 0.160. The maximum Gasteiger partial charge on any atom is 0.123 e. The van der Waals surface area contributed by atoms with Crippen molar-refractivity contribution in [3.8, 4) is 6.07 Å². The van der Waals surface area contributed by atoms with Crippen LogP contribution < -0.4 is 0 Å². The Kier molecular flexibility index (Phi) is 10.5. The number of nitriles is 1. The van der Waals surface area contributed by atoms with E-state index in [1.54, 1.807) is 0 Å². The largest absolute Gasteiger partial charge is 0.300 e. The Bertz CT molecular complexity index is 1070. The minimum Gasteiger partial charge on any atom is -0.300 e. The molecule has 38 heavy (non-hydrogen) atoms. The van der Waals surface area contributed by atoms with Gasteiger partial charge >= 0.3 is 0 Å². The van der Waals surface area contributed by atoms with Crippen LogP contribution in [0.2, 0.25) is 0 Å². The van der Waals surface area contributed by atoms with E-state index >= 15 is 0 Å². The minimum atomic E-state index is -0.550. The van der Waals surface area contributed by atoms with Crippen molar-refractivity contribution in [3.63, 3.8) is 0 Å². The van der Waals surface area contributed by atoms with Gasteiger partial charge in [0, 0.05) is 19.1 Å². The molecule has 0 bridgehead atoms. The van der Waals surface area contributed by atoms with Crippen molar-refractivity contribution >= 4 is 0 Å². The highest BCUT2D eigenvalue weighted by Crippen LogP contribution is 2.44. The Balaban J connectivity index is 1.54. The molecule has 1 saturated carbocycles. The topological polar surface area (TPSA) is 27.0 Å². The van der Waals surface area contributed by atoms with Gasteiger partial charge in [-0.05, 0) is 79.7 Å². The van der Waals surface area contributed by atoms with E-state index in [-0.39, 0.29) is 5.82 Å². The minimum absolute atomic E-state index is 0.233. The van der Waals surface area contributed by atoms with Crippen LogP contribution in [0, 0.1) is 23.1 Å². The molecule has 3 aromatic carbocycles. The average molecular weight is 511 g/mol. The van der Waals surface area contributed by atoms with Crippen molar-refractivity contribution in [2.45, 2.75) is 82.6 Å². The number of nitrogens with zero attached hydrogens (tertiary/aromatic N) is 2. The summed E-state index contributed by atoms with van der Waals surface area (Å²) < 4.78 is 13.9. The third-order valence-electron chi connectivity index (χ3n) is 8.78. The predicted octanol–water partition coefficient (Wildman–Crippen LogP) is 8.51. The molecule has 0 saturated heterocycles. The normalized spacial score (nSPS) is 16.6. The van der Waals surface area contributed by atoms with E-state index in [9.17, 15) is 9.65 Å². The van der Waals surface area contributed by atoms with Crippen LogP contribution in [0.1, 0.15) is 75.0 Å². The summed E-state index contributed by atoms with van der Waals surface area (Å²) in [5, 5.41) is 10.7. The molecule has 1 fully saturated rings. The molecule has 2 nitrogen and oxygen atoms in total. The Morgan fingerprint density at radius 1 is 0.842 bits per heavy atom. The molecular formula is C35H43FN2. The first kappa shape index (κ1) is 28.1. The molecule has 0 N–H and O–H groups in total. The molecule has 3 heteroatoms. The molecule has 0 amide bonds. The van der Waals surface area contributed by atoms with Gasteiger partial charge in [-0.1, -0.05) is 99.0 Å². The van der Waals surface area contributed by atoms with E-state index in [1.807, 2.05) is 12.1 Å². The van der Waals surface area contributed by atoms with E-state index in [0.717, 1.165) is 63.6 Å². The van der Waals surface area contributed by atoms with Gasteiger partial charge in [0.15, 0.2) is 0 Å². The summed E-state index contributed by atoms with van der Waals surface area (Å²) in [5.74, 6) is 0.106. The highest BCUT2D eigenvalue weighted by molar-refractivity contribution is 5.34. The van der Waals surface area contributed by atoms with Crippen molar-refractivity contribution in [1.29, 1.82) is 5.26 Å². The van der Waals surface area contributed by atoms with E-state index in [2.05, 4.69) is 78.6 Å². The van der Waals surface area contributed by atoms with Crippen LogP contribution in [0.3, 0.4) is 0 Å². The summed E-state index contributed by atoms with van der Waals surface area (Å²) >= 11 is 0. The summed E-state index contributed by atoms with van der Waals surface area (Å²) in [6, 6.07) is 31.5. The third-order valence-corrected chi connectivity index (χ3v) is 8.78. The second-order valence-corrected chi connectivity index (χ2v) is 11.0. The van der Waals surface area contributed by atoms with Crippen molar-refractivity contribution in [3.05, 3.63) is 107 Å². The Morgan fingerprint density at radius 2 is 1.39 bits per heavy atom. The fourth-order valence-electron chi connectivity index (χ4n) is 6.49. The summed E-state index contributed by atoms with van der Waals surface area (Å²) in [7, 11) is 0. The maximum absolute atomic E-state index is 13.9. The van der Waals surface area contributed by atoms with Gasteiger partial charge in [-0.15, -0.1) is 0 Å². The van der Waals surface area contributed by atoms with Gasteiger partial charge in [-0.25, -0.2) is 4.39 Å². The molecule has 4 rings (SSSR count). The highest BCUT2D eigenvalue weighted by atomic mass is 19.1. The Hall–Kier alpha value is -2.96. The monoisotopic (exact) mass is 510 g/mol. The van der Waals surface area contributed by atoms with Crippen LogP contribution in [-0.2, 0) is 18.3 Å².